The maximum atomic E-state index is 13.4. The Morgan fingerprint density at radius 3 is 2.23 bits per heavy atom. The van der Waals surface area contributed by atoms with Crippen LogP contribution in [0.3, 0.4) is 0 Å². The summed E-state index contributed by atoms with van der Waals surface area (Å²) in [5.74, 6) is -2.45. The van der Waals surface area contributed by atoms with Crippen molar-refractivity contribution in [2.75, 3.05) is 5.32 Å². The third-order valence-electron chi connectivity index (χ3n) is 5.80. The molecule has 0 bridgehead atoms. The molecular formula is C22H14Cl2F6N4O4S. The van der Waals surface area contributed by atoms with E-state index in [0.717, 1.165) is 12.1 Å². The molecule has 1 aliphatic rings. The fourth-order valence-corrected chi connectivity index (χ4v) is 5.44. The van der Waals surface area contributed by atoms with Gasteiger partial charge in [-0.15, -0.1) is 0 Å². The monoisotopic (exact) mass is 614 g/mol. The van der Waals surface area contributed by atoms with Crippen LogP contribution < -0.4 is 5.32 Å². The van der Waals surface area contributed by atoms with Gasteiger partial charge in [0.1, 0.15) is 29.2 Å². The van der Waals surface area contributed by atoms with Gasteiger partial charge in [0.2, 0.25) is 0 Å². The highest BCUT2D eigenvalue weighted by Crippen LogP contribution is 3.02. The number of anilines is 1. The van der Waals surface area contributed by atoms with E-state index in [2.05, 4.69) is 10.4 Å². The number of aromatic nitrogens is 2. The number of aliphatic carboxylic acids is 1. The standard InChI is InChI=1S/C22H14Cl2F6N4O4S/c23-17-14(5-6-15(18(17)24)39(26,27,28,29)30)34-19(16(13(9-31)33-34)22(7-8-22)20(35)36)32-21(37)38-10-11-1-3-12(25)4-2-11/h1-6H,7-8,10H2,(H,32,37)(H,35,36). The van der Waals surface area contributed by atoms with Crippen LogP contribution in [-0.4, -0.2) is 26.9 Å². The van der Waals surface area contributed by atoms with Crippen molar-refractivity contribution >= 4 is 51.3 Å². The predicted molar refractivity (Wildman–Crippen MR) is 128 cm³/mol. The second-order valence-corrected chi connectivity index (χ2v) is 11.6. The number of carbonyl (C=O) groups is 2. The zero-order valence-corrected chi connectivity index (χ0v) is 21.4. The number of carboxylic acid groups (broad SMARTS) is 1. The van der Waals surface area contributed by atoms with Gasteiger partial charge < -0.3 is 9.84 Å². The maximum Gasteiger partial charge on any atom is 0.413 e. The molecule has 0 saturated heterocycles. The number of nitriles is 1. The fraction of sp³-hybridized carbons (Fsp3) is 0.182. The van der Waals surface area contributed by atoms with E-state index < -0.39 is 65.7 Å². The second-order valence-electron chi connectivity index (χ2n) is 8.49. The summed E-state index contributed by atoms with van der Waals surface area (Å²) in [6, 6.07) is 6.94. The average Bonchev–Trinajstić information content (AvgIpc) is 3.55. The van der Waals surface area contributed by atoms with Gasteiger partial charge in [-0.25, -0.2) is 13.9 Å². The second kappa shape index (κ2) is 8.70. The Balaban J connectivity index is 1.83. The number of halogens is 8. The molecule has 1 aromatic heterocycles. The molecule has 39 heavy (non-hydrogen) atoms. The van der Waals surface area contributed by atoms with Gasteiger partial charge in [0.05, 0.1) is 26.7 Å². The van der Waals surface area contributed by atoms with E-state index in [1.54, 1.807) is 6.07 Å². The van der Waals surface area contributed by atoms with Gasteiger partial charge in [-0.05, 0) is 42.7 Å². The molecule has 4 rings (SSSR count). The first-order valence-corrected chi connectivity index (χ1v) is 13.3. The van der Waals surface area contributed by atoms with Crippen molar-refractivity contribution in [2.24, 2.45) is 0 Å². The van der Waals surface area contributed by atoms with Crippen LogP contribution in [0.4, 0.5) is 34.4 Å². The molecule has 17 heteroatoms. The van der Waals surface area contributed by atoms with Crippen LogP contribution in [0.25, 0.3) is 5.69 Å². The number of hydrogen-bond donors (Lipinski definition) is 2. The summed E-state index contributed by atoms with van der Waals surface area (Å²) in [4.78, 5) is 22.2. The Kier molecular flexibility index (Phi) is 6.33. The van der Waals surface area contributed by atoms with Crippen molar-refractivity contribution in [2.45, 2.75) is 29.8 Å². The van der Waals surface area contributed by atoms with E-state index >= 15 is 0 Å². The molecule has 3 aromatic rings. The highest BCUT2D eigenvalue weighted by Gasteiger charge is 2.67. The lowest BCUT2D eigenvalue weighted by atomic mass is 9.95. The lowest BCUT2D eigenvalue weighted by Crippen LogP contribution is -2.24. The van der Waals surface area contributed by atoms with Crippen molar-refractivity contribution in [3.8, 4) is 11.8 Å². The molecule has 1 heterocycles. The summed E-state index contributed by atoms with van der Waals surface area (Å²) >= 11 is 11.5. The quantitative estimate of drug-likeness (QED) is 0.263. The number of benzene rings is 2. The summed E-state index contributed by atoms with van der Waals surface area (Å²) in [6.45, 7) is -0.379. The van der Waals surface area contributed by atoms with Gasteiger partial charge in [0.25, 0.3) is 0 Å². The minimum Gasteiger partial charge on any atom is -0.481 e. The van der Waals surface area contributed by atoms with E-state index in [1.165, 1.54) is 12.1 Å². The Bertz CT molecular complexity index is 1570. The number of nitrogens with zero attached hydrogens (tertiary/aromatic N) is 3. The smallest absolute Gasteiger partial charge is 0.413 e. The number of rotatable bonds is 7. The first-order valence-electron chi connectivity index (χ1n) is 10.6. The zero-order chi connectivity index (χ0) is 29.0. The highest BCUT2D eigenvalue weighted by molar-refractivity contribution is 8.45. The molecule has 8 nitrogen and oxygen atoms in total. The molecule has 0 aliphatic heterocycles. The molecule has 0 spiro atoms. The normalized spacial score (nSPS) is 16.0. The molecule has 1 fully saturated rings. The van der Waals surface area contributed by atoms with Gasteiger partial charge in [0, 0.05) is 0 Å². The number of ether oxygens (including phenoxy) is 1. The summed E-state index contributed by atoms with van der Waals surface area (Å²) in [5.41, 5.74) is -2.75. The van der Waals surface area contributed by atoms with E-state index in [-0.39, 0.29) is 31.1 Å². The van der Waals surface area contributed by atoms with Crippen LogP contribution in [-0.2, 0) is 21.6 Å². The fourth-order valence-electron chi connectivity index (χ4n) is 3.78. The van der Waals surface area contributed by atoms with Crippen LogP contribution in [0, 0.1) is 17.1 Å². The van der Waals surface area contributed by atoms with Crippen molar-refractivity contribution in [3.05, 3.63) is 69.1 Å². The molecule has 0 unspecified atom stereocenters. The summed E-state index contributed by atoms with van der Waals surface area (Å²) in [6.07, 6.45) is -1.20. The molecule has 2 N–H and O–H groups in total. The molecule has 1 saturated carbocycles. The molecule has 0 radical (unpaired) electrons. The minimum atomic E-state index is -10.3. The van der Waals surface area contributed by atoms with Gasteiger partial charge in [-0.1, -0.05) is 54.8 Å². The third kappa shape index (κ3) is 5.45. The molecule has 0 atom stereocenters. The van der Waals surface area contributed by atoms with Crippen molar-refractivity contribution < 1.29 is 43.3 Å². The Morgan fingerprint density at radius 2 is 1.72 bits per heavy atom. The topological polar surface area (TPSA) is 117 Å². The minimum absolute atomic E-state index is 0.0135. The van der Waals surface area contributed by atoms with Crippen LogP contribution in [0.5, 0.6) is 0 Å². The maximum absolute atomic E-state index is 13.4. The van der Waals surface area contributed by atoms with Crippen molar-refractivity contribution in [3.63, 3.8) is 0 Å². The first-order chi connectivity index (χ1) is 17.9. The molecule has 1 amide bonds. The van der Waals surface area contributed by atoms with Gasteiger partial charge in [0.15, 0.2) is 5.69 Å². The van der Waals surface area contributed by atoms with Gasteiger partial charge in [-0.3, -0.25) is 10.1 Å². The Labute approximate surface area is 225 Å². The van der Waals surface area contributed by atoms with E-state index in [1.807, 2.05) is 0 Å². The first kappa shape index (κ1) is 28.4. The van der Waals surface area contributed by atoms with Crippen LogP contribution in [0.2, 0.25) is 10.0 Å². The number of amides is 1. The van der Waals surface area contributed by atoms with Crippen LogP contribution in [0.15, 0.2) is 41.3 Å². The lowest BCUT2D eigenvalue weighted by molar-refractivity contribution is -0.140. The number of hydrogen-bond acceptors (Lipinski definition) is 5. The highest BCUT2D eigenvalue weighted by atomic mass is 35.5. The molecule has 2 aromatic carbocycles. The van der Waals surface area contributed by atoms with E-state index in [4.69, 9.17) is 27.9 Å². The van der Waals surface area contributed by atoms with E-state index in [0.29, 0.717) is 16.3 Å². The number of nitrogens with one attached hydrogen (secondary N) is 1. The van der Waals surface area contributed by atoms with Crippen molar-refractivity contribution in [1.82, 2.24) is 9.78 Å². The zero-order valence-electron chi connectivity index (χ0n) is 19.0. The molecule has 208 valence electrons. The van der Waals surface area contributed by atoms with Gasteiger partial charge in [-0.2, -0.15) is 10.4 Å². The number of carbonyl (C=O) groups excluding carboxylic acids is 1. The summed E-state index contributed by atoms with van der Waals surface area (Å²) < 4.78 is 85.9. The Hall–Kier alpha value is -3.61. The largest absolute Gasteiger partial charge is 0.481 e. The number of carboxylic acids is 1. The summed E-state index contributed by atoms with van der Waals surface area (Å²) in [5, 5.41) is 22.9. The van der Waals surface area contributed by atoms with E-state index in [9.17, 15) is 43.8 Å². The van der Waals surface area contributed by atoms with Crippen molar-refractivity contribution in [1.29, 1.82) is 5.26 Å². The van der Waals surface area contributed by atoms with Gasteiger partial charge >= 0.3 is 22.3 Å². The molecular weight excluding hydrogens is 601 g/mol. The lowest BCUT2D eigenvalue weighted by Gasteiger charge is -2.41. The molecule has 1 aliphatic carbocycles. The van der Waals surface area contributed by atoms with Crippen LogP contribution in [0.1, 0.15) is 29.7 Å². The third-order valence-corrected chi connectivity index (χ3v) is 7.96. The predicted octanol–water partition coefficient (Wildman–Crippen LogP) is 7.71. The summed E-state index contributed by atoms with van der Waals surface area (Å²) in [7, 11) is -10.3. The van der Waals surface area contributed by atoms with Crippen LogP contribution >= 0.6 is 33.4 Å². The SMILES string of the molecule is N#Cc1nn(-c2ccc(S(F)(F)(F)(F)F)c(Cl)c2Cl)c(NC(=O)OCc2ccc(F)cc2)c1C1(C(=O)O)CC1. The Morgan fingerprint density at radius 1 is 1.10 bits per heavy atom. The average molecular weight is 615 g/mol.